The average Bonchev–Trinajstić information content (AvgIpc) is 3.14. The molecule has 21 heavy (non-hydrogen) atoms. The van der Waals surface area contributed by atoms with Crippen LogP contribution in [0.1, 0.15) is 45.4 Å². The van der Waals surface area contributed by atoms with Crippen LogP contribution in [0.2, 0.25) is 0 Å². The highest BCUT2D eigenvalue weighted by molar-refractivity contribution is 6.07. The first-order valence-corrected chi connectivity index (χ1v) is 8.31. The molecule has 2 aliphatic heterocycles. The van der Waals surface area contributed by atoms with Crippen molar-refractivity contribution in [2.75, 3.05) is 26.2 Å². The number of amides is 2. The van der Waals surface area contributed by atoms with E-state index in [0.717, 1.165) is 45.4 Å². The van der Waals surface area contributed by atoms with Gasteiger partial charge in [-0.05, 0) is 44.4 Å². The molecule has 2 saturated heterocycles. The van der Waals surface area contributed by atoms with E-state index in [1.54, 1.807) is 0 Å². The standard InChI is InChI=1S/C16H26N2O3/c1-12-4-8-18(9-5-12)15(20)16(6-7-16)14(19)17-11-13-3-2-10-21-13/h12-13H,2-11H2,1H3,(H,17,19). The zero-order chi connectivity index (χ0) is 14.9. The highest BCUT2D eigenvalue weighted by Gasteiger charge is 2.58. The first kappa shape index (κ1) is 14.8. The summed E-state index contributed by atoms with van der Waals surface area (Å²) < 4.78 is 5.51. The van der Waals surface area contributed by atoms with Crippen molar-refractivity contribution in [2.24, 2.45) is 11.3 Å². The number of ether oxygens (including phenoxy) is 1. The van der Waals surface area contributed by atoms with E-state index >= 15 is 0 Å². The molecule has 1 aliphatic carbocycles. The molecule has 2 amide bonds. The summed E-state index contributed by atoms with van der Waals surface area (Å²) in [6.45, 7) is 5.17. The third-order valence-corrected chi connectivity index (χ3v) is 5.18. The van der Waals surface area contributed by atoms with Crippen molar-refractivity contribution in [3.05, 3.63) is 0 Å². The van der Waals surface area contributed by atoms with Gasteiger partial charge in [-0.15, -0.1) is 0 Å². The average molecular weight is 294 g/mol. The van der Waals surface area contributed by atoms with Crippen LogP contribution in [0, 0.1) is 11.3 Å². The van der Waals surface area contributed by atoms with Gasteiger partial charge in [-0.1, -0.05) is 6.92 Å². The summed E-state index contributed by atoms with van der Waals surface area (Å²) in [5.74, 6) is 0.665. The lowest BCUT2D eigenvalue weighted by Crippen LogP contribution is -2.48. The van der Waals surface area contributed by atoms with Crippen LogP contribution in [0.3, 0.4) is 0 Å². The van der Waals surface area contributed by atoms with Crippen molar-refractivity contribution in [3.63, 3.8) is 0 Å². The Kier molecular flexibility index (Phi) is 4.20. The molecule has 5 nitrogen and oxygen atoms in total. The van der Waals surface area contributed by atoms with Crippen molar-refractivity contribution in [2.45, 2.75) is 51.6 Å². The SMILES string of the molecule is CC1CCN(C(=O)C2(C(=O)NCC3CCCO3)CC2)CC1. The van der Waals surface area contributed by atoms with Gasteiger partial charge in [0, 0.05) is 26.2 Å². The molecule has 0 bridgehead atoms. The van der Waals surface area contributed by atoms with E-state index in [0.29, 0.717) is 25.3 Å². The van der Waals surface area contributed by atoms with E-state index in [4.69, 9.17) is 4.74 Å². The number of piperidine rings is 1. The fourth-order valence-corrected chi connectivity index (χ4v) is 3.36. The lowest BCUT2D eigenvalue weighted by molar-refractivity contribution is -0.145. The molecule has 1 saturated carbocycles. The molecule has 3 rings (SSSR count). The Hall–Kier alpha value is -1.10. The second-order valence-corrected chi connectivity index (χ2v) is 6.90. The molecular weight excluding hydrogens is 268 g/mol. The normalized spacial score (nSPS) is 28.4. The highest BCUT2D eigenvalue weighted by Crippen LogP contribution is 2.48. The largest absolute Gasteiger partial charge is 0.376 e. The Morgan fingerprint density at radius 1 is 1.24 bits per heavy atom. The lowest BCUT2D eigenvalue weighted by Gasteiger charge is -2.32. The molecular formula is C16H26N2O3. The summed E-state index contributed by atoms with van der Waals surface area (Å²) >= 11 is 0. The molecule has 0 radical (unpaired) electrons. The van der Waals surface area contributed by atoms with Gasteiger partial charge in [0.15, 0.2) is 0 Å². The maximum Gasteiger partial charge on any atom is 0.238 e. The smallest absolute Gasteiger partial charge is 0.238 e. The molecule has 1 atom stereocenters. The van der Waals surface area contributed by atoms with Crippen LogP contribution in [0.25, 0.3) is 0 Å². The molecule has 5 heteroatoms. The van der Waals surface area contributed by atoms with Gasteiger partial charge in [-0.25, -0.2) is 0 Å². The van der Waals surface area contributed by atoms with Crippen LogP contribution in [-0.4, -0.2) is 49.1 Å². The molecule has 3 aliphatic rings. The van der Waals surface area contributed by atoms with Gasteiger partial charge in [-0.3, -0.25) is 9.59 Å². The fourth-order valence-electron chi connectivity index (χ4n) is 3.36. The number of carbonyl (C=O) groups excluding carboxylic acids is 2. The first-order valence-electron chi connectivity index (χ1n) is 8.31. The Morgan fingerprint density at radius 2 is 1.95 bits per heavy atom. The van der Waals surface area contributed by atoms with Crippen LogP contribution in [0.15, 0.2) is 0 Å². The number of nitrogens with zero attached hydrogens (tertiary/aromatic N) is 1. The van der Waals surface area contributed by atoms with E-state index in [9.17, 15) is 9.59 Å². The predicted octanol–water partition coefficient (Wildman–Crippen LogP) is 1.32. The zero-order valence-corrected chi connectivity index (χ0v) is 12.9. The van der Waals surface area contributed by atoms with Crippen molar-refractivity contribution in [1.82, 2.24) is 10.2 Å². The monoisotopic (exact) mass is 294 g/mol. The quantitative estimate of drug-likeness (QED) is 0.796. The summed E-state index contributed by atoms with van der Waals surface area (Å²) in [5, 5.41) is 2.94. The summed E-state index contributed by atoms with van der Waals surface area (Å²) in [7, 11) is 0. The summed E-state index contributed by atoms with van der Waals surface area (Å²) in [6.07, 6.45) is 5.72. The molecule has 0 aromatic rings. The Balaban J connectivity index is 1.53. The fraction of sp³-hybridized carbons (Fsp3) is 0.875. The minimum absolute atomic E-state index is 0.0549. The molecule has 1 unspecified atom stereocenters. The Morgan fingerprint density at radius 3 is 2.52 bits per heavy atom. The number of hydrogen-bond acceptors (Lipinski definition) is 3. The Labute approximate surface area is 126 Å². The van der Waals surface area contributed by atoms with Gasteiger partial charge in [0.2, 0.25) is 11.8 Å². The third-order valence-electron chi connectivity index (χ3n) is 5.18. The second kappa shape index (κ2) is 5.95. The molecule has 2 heterocycles. The summed E-state index contributed by atoms with van der Waals surface area (Å²) in [5.41, 5.74) is -0.751. The van der Waals surface area contributed by atoms with Crippen molar-refractivity contribution < 1.29 is 14.3 Å². The van der Waals surface area contributed by atoms with Crippen LogP contribution in [-0.2, 0) is 14.3 Å². The summed E-state index contributed by atoms with van der Waals surface area (Å²) in [4.78, 5) is 27.0. The maximum atomic E-state index is 12.7. The topological polar surface area (TPSA) is 58.6 Å². The Bertz CT molecular complexity index is 406. The maximum absolute atomic E-state index is 12.7. The second-order valence-electron chi connectivity index (χ2n) is 6.90. The van der Waals surface area contributed by atoms with E-state index in [1.165, 1.54) is 0 Å². The van der Waals surface area contributed by atoms with Gasteiger partial charge in [0.25, 0.3) is 0 Å². The van der Waals surface area contributed by atoms with Gasteiger partial charge in [0.05, 0.1) is 6.10 Å². The van der Waals surface area contributed by atoms with Gasteiger partial charge >= 0.3 is 0 Å². The molecule has 0 aromatic carbocycles. The van der Waals surface area contributed by atoms with Crippen LogP contribution in [0.5, 0.6) is 0 Å². The molecule has 0 aromatic heterocycles. The minimum atomic E-state index is -0.751. The number of rotatable bonds is 4. The third kappa shape index (κ3) is 3.07. The van der Waals surface area contributed by atoms with Crippen LogP contribution >= 0.6 is 0 Å². The van der Waals surface area contributed by atoms with E-state index in [1.807, 2.05) is 4.90 Å². The predicted molar refractivity (Wildman–Crippen MR) is 78.6 cm³/mol. The molecule has 118 valence electrons. The first-order chi connectivity index (χ1) is 10.1. The number of hydrogen-bond donors (Lipinski definition) is 1. The van der Waals surface area contributed by atoms with E-state index in [-0.39, 0.29) is 17.9 Å². The summed E-state index contributed by atoms with van der Waals surface area (Å²) in [6, 6.07) is 0. The molecule has 1 N–H and O–H groups in total. The van der Waals surface area contributed by atoms with Gasteiger partial charge < -0.3 is 15.0 Å². The van der Waals surface area contributed by atoms with Crippen LogP contribution in [0.4, 0.5) is 0 Å². The van der Waals surface area contributed by atoms with Crippen LogP contribution < -0.4 is 5.32 Å². The molecule has 3 fully saturated rings. The van der Waals surface area contributed by atoms with Gasteiger partial charge in [0.1, 0.15) is 5.41 Å². The van der Waals surface area contributed by atoms with Crippen molar-refractivity contribution in [1.29, 1.82) is 0 Å². The minimum Gasteiger partial charge on any atom is -0.376 e. The molecule has 0 spiro atoms. The number of carbonyl (C=O) groups is 2. The van der Waals surface area contributed by atoms with E-state index in [2.05, 4.69) is 12.2 Å². The number of nitrogens with one attached hydrogen (secondary N) is 1. The van der Waals surface area contributed by atoms with E-state index < -0.39 is 5.41 Å². The highest BCUT2D eigenvalue weighted by atomic mass is 16.5. The van der Waals surface area contributed by atoms with Crippen molar-refractivity contribution in [3.8, 4) is 0 Å². The van der Waals surface area contributed by atoms with Crippen molar-refractivity contribution >= 4 is 11.8 Å². The lowest BCUT2D eigenvalue weighted by atomic mass is 9.96. The zero-order valence-electron chi connectivity index (χ0n) is 12.9. The number of likely N-dealkylation sites (tertiary alicyclic amines) is 1. The van der Waals surface area contributed by atoms with Gasteiger partial charge in [-0.2, -0.15) is 0 Å².